The Labute approximate surface area is 120 Å². The third-order valence-electron chi connectivity index (χ3n) is 3.68. The van der Waals surface area contributed by atoms with Gasteiger partial charge in [0.2, 0.25) is 6.04 Å². The maximum Gasteiger partial charge on any atom is 0.213 e. The standard InChI is InChI=1S/C14H17NO3.C2H6/c16-14(12-4-2-1-3-5-12)10-11-6-8-13(9-7-11)15(17)18;1-2/h1-5,11,13H,6-10H2;1-2H3. The second kappa shape index (κ2) is 8.46. The quantitative estimate of drug-likeness (QED) is 0.472. The zero-order valence-electron chi connectivity index (χ0n) is 12.2. The molecule has 1 aliphatic rings. The summed E-state index contributed by atoms with van der Waals surface area (Å²) < 4.78 is 0. The average Bonchev–Trinajstić information content (AvgIpc) is 2.50. The molecule has 0 aromatic heterocycles. The molecule has 2 rings (SSSR count). The maximum absolute atomic E-state index is 12.0. The van der Waals surface area contributed by atoms with Gasteiger partial charge in [0.25, 0.3) is 0 Å². The normalized spacial score (nSPS) is 21.5. The summed E-state index contributed by atoms with van der Waals surface area (Å²) in [5.41, 5.74) is 0.744. The third-order valence-corrected chi connectivity index (χ3v) is 3.68. The van der Waals surface area contributed by atoms with Crippen molar-refractivity contribution >= 4 is 5.78 Å². The number of hydrogen-bond acceptors (Lipinski definition) is 3. The largest absolute Gasteiger partial charge is 0.294 e. The first-order chi connectivity index (χ1) is 9.66. The number of carbonyl (C=O) groups excluding carboxylic acids is 1. The molecular formula is C16H23NO3. The molecule has 0 N–H and O–H groups in total. The van der Waals surface area contributed by atoms with E-state index in [2.05, 4.69) is 0 Å². The van der Waals surface area contributed by atoms with Gasteiger partial charge in [-0.25, -0.2) is 0 Å². The fourth-order valence-corrected chi connectivity index (χ4v) is 2.56. The van der Waals surface area contributed by atoms with Crippen LogP contribution in [0, 0.1) is 16.0 Å². The highest BCUT2D eigenvalue weighted by atomic mass is 16.6. The molecule has 0 aliphatic heterocycles. The van der Waals surface area contributed by atoms with Crippen LogP contribution in [0.4, 0.5) is 0 Å². The highest BCUT2D eigenvalue weighted by Gasteiger charge is 2.29. The Hall–Kier alpha value is -1.71. The summed E-state index contributed by atoms with van der Waals surface area (Å²) >= 11 is 0. The summed E-state index contributed by atoms with van der Waals surface area (Å²) in [5.74, 6) is 0.467. The molecule has 0 atom stereocenters. The van der Waals surface area contributed by atoms with Crippen molar-refractivity contribution in [3.8, 4) is 0 Å². The van der Waals surface area contributed by atoms with Gasteiger partial charge in [-0.15, -0.1) is 0 Å². The smallest absolute Gasteiger partial charge is 0.213 e. The predicted octanol–water partition coefficient (Wildman–Crippen LogP) is 4.12. The molecule has 0 spiro atoms. The van der Waals surface area contributed by atoms with E-state index in [0.29, 0.717) is 25.2 Å². The van der Waals surface area contributed by atoms with Crippen molar-refractivity contribution in [1.29, 1.82) is 0 Å². The molecule has 4 nitrogen and oxygen atoms in total. The Balaban J connectivity index is 0.000000956. The van der Waals surface area contributed by atoms with Crippen LogP contribution in [0.15, 0.2) is 30.3 Å². The van der Waals surface area contributed by atoms with Gasteiger partial charge < -0.3 is 0 Å². The minimum atomic E-state index is -0.395. The van der Waals surface area contributed by atoms with E-state index in [1.54, 1.807) is 0 Å². The Morgan fingerprint density at radius 1 is 1.15 bits per heavy atom. The molecule has 0 saturated heterocycles. The minimum Gasteiger partial charge on any atom is -0.294 e. The van der Waals surface area contributed by atoms with Crippen LogP contribution in [0.25, 0.3) is 0 Å². The molecule has 0 amide bonds. The van der Waals surface area contributed by atoms with Gasteiger partial charge in [0, 0.05) is 29.7 Å². The first-order valence-electron chi connectivity index (χ1n) is 7.38. The van der Waals surface area contributed by atoms with Gasteiger partial charge in [0.05, 0.1) is 0 Å². The Bertz CT molecular complexity index is 423. The third kappa shape index (κ3) is 4.76. The monoisotopic (exact) mass is 277 g/mol. The van der Waals surface area contributed by atoms with Crippen LogP contribution < -0.4 is 0 Å². The first-order valence-corrected chi connectivity index (χ1v) is 7.38. The second-order valence-corrected chi connectivity index (χ2v) is 4.95. The van der Waals surface area contributed by atoms with E-state index < -0.39 is 6.04 Å². The average molecular weight is 277 g/mol. The van der Waals surface area contributed by atoms with Crippen molar-refractivity contribution in [3.63, 3.8) is 0 Å². The van der Waals surface area contributed by atoms with Crippen molar-refractivity contribution in [3.05, 3.63) is 46.0 Å². The van der Waals surface area contributed by atoms with E-state index in [0.717, 1.165) is 18.4 Å². The number of benzene rings is 1. The number of hydrogen-bond donors (Lipinski definition) is 0. The topological polar surface area (TPSA) is 60.2 Å². The number of carbonyl (C=O) groups is 1. The summed E-state index contributed by atoms with van der Waals surface area (Å²) in [6.07, 6.45) is 3.34. The number of nitro groups is 1. The zero-order chi connectivity index (χ0) is 15.0. The molecule has 4 heteroatoms. The van der Waals surface area contributed by atoms with E-state index in [1.165, 1.54) is 0 Å². The molecule has 0 radical (unpaired) electrons. The molecule has 1 fully saturated rings. The van der Waals surface area contributed by atoms with Crippen LogP contribution in [-0.4, -0.2) is 16.7 Å². The maximum atomic E-state index is 12.0. The Morgan fingerprint density at radius 2 is 1.70 bits per heavy atom. The fourth-order valence-electron chi connectivity index (χ4n) is 2.56. The molecule has 20 heavy (non-hydrogen) atoms. The van der Waals surface area contributed by atoms with E-state index in [4.69, 9.17) is 0 Å². The molecule has 1 aliphatic carbocycles. The van der Waals surface area contributed by atoms with Crippen molar-refractivity contribution in [2.75, 3.05) is 0 Å². The van der Waals surface area contributed by atoms with E-state index >= 15 is 0 Å². The second-order valence-electron chi connectivity index (χ2n) is 4.95. The Kier molecular flexibility index (Phi) is 6.91. The number of Topliss-reactive ketones (excluding diaryl/α,β-unsaturated/α-hetero) is 1. The highest BCUT2D eigenvalue weighted by molar-refractivity contribution is 5.96. The van der Waals surface area contributed by atoms with Gasteiger partial charge >= 0.3 is 0 Å². The van der Waals surface area contributed by atoms with Gasteiger partial charge in [-0.3, -0.25) is 14.9 Å². The van der Waals surface area contributed by atoms with Crippen molar-refractivity contribution in [2.24, 2.45) is 5.92 Å². The molecule has 1 aromatic rings. The zero-order valence-corrected chi connectivity index (χ0v) is 12.2. The van der Waals surface area contributed by atoms with Crippen LogP contribution in [0.2, 0.25) is 0 Å². The van der Waals surface area contributed by atoms with Crippen LogP contribution in [0.3, 0.4) is 0 Å². The lowest BCUT2D eigenvalue weighted by atomic mass is 9.82. The molecule has 1 saturated carbocycles. The summed E-state index contributed by atoms with van der Waals surface area (Å²) in [5, 5.41) is 10.6. The summed E-state index contributed by atoms with van der Waals surface area (Å²) in [4.78, 5) is 22.5. The van der Waals surface area contributed by atoms with Crippen LogP contribution in [0.1, 0.15) is 56.3 Å². The summed E-state index contributed by atoms with van der Waals surface area (Å²) in [6, 6.07) is 8.86. The highest BCUT2D eigenvalue weighted by Crippen LogP contribution is 2.29. The summed E-state index contributed by atoms with van der Waals surface area (Å²) in [6.45, 7) is 4.00. The van der Waals surface area contributed by atoms with Crippen LogP contribution in [-0.2, 0) is 0 Å². The van der Waals surface area contributed by atoms with Gasteiger partial charge in [0.1, 0.15) is 0 Å². The SMILES string of the molecule is CC.O=C(CC1CCC([N+](=O)[O-])CC1)c1ccccc1. The number of ketones is 1. The lowest BCUT2D eigenvalue weighted by Gasteiger charge is -2.23. The first kappa shape index (κ1) is 16.3. The van der Waals surface area contributed by atoms with E-state index in [1.807, 2.05) is 44.2 Å². The Morgan fingerprint density at radius 3 is 2.20 bits per heavy atom. The van der Waals surface area contributed by atoms with Crippen molar-refractivity contribution < 1.29 is 9.72 Å². The van der Waals surface area contributed by atoms with Gasteiger partial charge in [-0.2, -0.15) is 0 Å². The number of rotatable bonds is 4. The predicted molar refractivity (Wildman–Crippen MR) is 79.5 cm³/mol. The molecule has 1 aromatic carbocycles. The van der Waals surface area contributed by atoms with Crippen molar-refractivity contribution in [2.45, 2.75) is 52.0 Å². The summed E-state index contributed by atoms with van der Waals surface area (Å²) in [7, 11) is 0. The molecule has 0 heterocycles. The minimum absolute atomic E-state index is 0.153. The van der Waals surface area contributed by atoms with E-state index in [-0.39, 0.29) is 10.7 Å². The fraction of sp³-hybridized carbons (Fsp3) is 0.562. The van der Waals surface area contributed by atoms with Crippen LogP contribution in [0.5, 0.6) is 0 Å². The molecule has 110 valence electrons. The molecule has 0 bridgehead atoms. The molecule has 0 unspecified atom stereocenters. The van der Waals surface area contributed by atoms with Crippen LogP contribution >= 0.6 is 0 Å². The lowest BCUT2D eigenvalue weighted by Crippen LogP contribution is -2.26. The van der Waals surface area contributed by atoms with E-state index in [9.17, 15) is 14.9 Å². The lowest BCUT2D eigenvalue weighted by molar-refractivity contribution is -0.527. The van der Waals surface area contributed by atoms with Crippen molar-refractivity contribution in [1.82, 2.24) is 0 Å². The molecular weight excluding hydrogens is 254 g/mol. The van der Waals surface area contributed by atoms with Gasteiger partial charge in [0.15, 0.2) is 5.78 Å². The number of nitrogens with zero attached hydrogens (tertiary/aromatic N) is 1. The van der Waals surface area contributed by atoms with Gasteiger partial charge in [-0.05, 0) is 18.8 Å². The van der Waals surface area contributed by atoms with Gasteiger partial charge in [-0.1, -0.05) is 44.2 Å².